The first-order valence-corrected chi connectivity index (χ1v) is 32.6. The van der Waals surface area contributed by atoms with Crippen molar-refractivity contribution in [2.45, 2.75) is 233 Å². The van der Waals surface area contributed by atoms with E-state index in [9.17, 15) is 14.7 Å². The van der Waals surface area contributed by atoms with Crippen molar-refractivity contribution in [3.05, 3.63) is 0 Å². The van der Waals surface area contributed by atoms with Crippen molar-refractivity contribution < 1.29 is 49.3 Å². The second kappa shape index (κ2) is 50.1. The molecule has 0 spiro atoms. The van der Waals surface area contributed by atoms with E-state index in [0.29, 0.717) is 19.8 Å². The van der Waals surface area contributed by atoms with E-state index < -0.39 is 17.1 Å². The van der Waals surface area contributed by atoms with E-state index in [1.807, 2.05) is 0 Å². The van der Waals surface area contributed by atoms with Crippen molar-refractivity contribution in [3.63, 3.8) is 0 Å². The van der Waals surface area contributed by atoms with Crippen LogP contribution >= 0.6 is 17.1 Å². The number of rotatable bonds is 39. The molecule has 0 saturated heterocycles. The molecule has 0 amide bonds. The number of unbranched alkanes of at least 4 members (excludes halogenated alkanes) is 30. The van der Waals surface area contributed by atoms with E-state index in [1.54, 1.807) is 0 Å². The minimum Gasteiger partial charge on any atom is -0.819 e. The molecule has 0 aliphatic rings. The molecule has 0 N–H and O–H groups in total. The van der Waals surface area contributed by atoms with Crippen molar-refractivity contribution in [1.82, 2.24) is 0 Å². The fourth-order valence-electron chi connectivity index (χ4n) is 5.83. The van der Waals surface area contributed by atoms with Crippen LogP contribution in [0.25, 0.3) is 0 Å². The van der Waals surface area contributed by atoms with Crippen molar-refractivity contribution >= 4 is 89.2 Å². The van der Waals surface area contributed by atoms with E-state index in [-0.39, 0.29) is 21.1 Å². The summed E-state index contributed by atoms with van der Waals surface area (Å²) in [7, 11) is 0. The molecule has 55 heavy (non-hydrogen) atoms. The maximum Gasteiger partial charge on any atom is 0.0477 e. The van der Waals surface area contributed by atoms with Crippen LogP contribution < -0.4 is 14.7 Å². The molecule has 0 radical (unpaired) electrons. The average Bonchev–Trinajstić information content (AvgIpc) is 3.09. The van der Waals surface area contributed by atoms with Crippen LogP contribution in [0, 0.1) is 0 Å². The third kappa shape index (κ3) is 75.2. The molecule has 0 saturated carbocycles. The Balaban J connectivity index is -0.000000351. The van der Waals surface area contributed by atoms with Crippen molar-refractivity contribution in [2.75, 3.05) is 19.8 Å². The van der Waals surface area contributed by atoms with E-state index in [4.69, 9.17) is 13.6 Å². The van der Waals surface area contributed by atoms with E-state index in [1.165, 1.54) is 173 Å². The zero-order valence-electron chi connectivity index (χ0n) is 35.1. The van der Waals surface area contributed by atoms with Gasteiger partial charge in [0.1, 0.15) is 0 Å². The number of hydrogen-bond acceptors (Lipinski definition) is 12. The smallest absolute Gasteiger partial charge is 0.0477 e. The van der Waals surface area contributed by atoms with Gasteiger partial charge in [0.15, 0.2) is 0 Å². The molecule has 0 aromatic heterocycles. The summed E-state index contributed by atoms with van der Waals surface area (Å²) in [5.74, 6) is 0. The SMILES string of the molecule is CCCCCCCCCCCCCOP([O-])(=S)[S-].CCCCCCCCCCCCCOP([O-])(=S)[S-].CCCCCCCCCCCCCOP([O-])(=S)[S-].[Mo]. The van der Waals surface area contributed by atoms with Gasteiger partial charge in [0.25, 0.3) is 0 Å². The topological polar surface area (TPSA) is 96.9 Å². The summed E-state index contributed by atoms with van der Waals surface area (Å²) < 4.78 is 14.7. The van der Waals surface area contributed by atoms with Gasteiger partial charge >= 0.3 is 0 Å². The molecule has 0 aliphatic heterocycles. The molecule has 3 unspecified atom stereocenters. The second-order valence-corrected chi connectivity index (χ2v) is 28.6. The van der Waals surface area contributed by atoms with Crippen LogP contribution in [0.2, 0.25) is 0 Å². The zero-order chi connectivity index (χ0) is 41.1. The molecule has 3 atom stereocenters. The quantitative estimate of drug-likeness (QED) is 0.0254. The Bertz CT molecular complexity index is 774. The summed E-state index contributed by atoms with van der Waals surface area (Å²) in [5.41, 5.74) is -9.24. The fourth-order valence-corrected chi connectivity index (χ4v) is 8.23. The first-order chi connectivity index (χ1) is 25.7. The molecule has 0 aliphatic carbocycles. The maximum atomic E-state index is 10.9. The standard InChI is InChI=1S/3C13H29O2PS2.Mo/c3*1-2-3-4-5-6-7-8-9-10-11-12-13-15-16(14,17)18;/h3*2-13H2,1H3,(H2,14,17,18);/p-6. The Morgan fingerprint density at radius 1 is 0.309 bits per heavy atom. The molecule has 0 rings (SSSR count). The van der Waals surface area contributed by atoms with Crippen molar-refractivity contribution in [3.8, 4) is 0 Å². The van der Waals surface area contributed by atoms with Gasteiger partial charge in [0, 0.05) is 40.9 Å². The maximum absolute atomic E-state index is 10.9. The minimum atomic E-state index is -3.08. The fraction of sp³-hybridized carbons (Fsp3) is 1.00. The molecule has 0 heterocycles. The third-order valence-electron chi connectivity index (χ3n) is 8.99. The zero-order valence-corrected chi connectivity index (χ0v) is 44.7. The molecule has 0 aromatic carbocycles. The molecular formula is C39H81MoO6P3S6-6. The summed E-state index contributed by atoms with van der Waals surface area (Å²) in [6.07, 6.45) is 42.5. The molecule has 0 aromatic rings. The molecule has 0 fully saturated rings. The second-order valence-electron chi connectivity index (χ2n) is 14.4. The molecule has 16 heteroatoms. The Hall–Kier alpha value is 3.45. The van der Waals surface area contributed by atoms with Crippen LogP contribution in [0.5, 0.6) is 0 Å². The number of hydrogen-bond donors (Lipinski definition) is 0. The van der Waals surface area contributed by atoms with Gasteiger partial charge in [-0.2, -0.15) is 0 Å². The Kier molecular flexibility index (Phi) is 59.3. The van der Waals surface area contributed by atoms with E-state index in [0.717, 1.165) is 38.5 Å². The molecule has 6 nitrogen and oxygen atoms in total. The molecular weight excluding hydrogens is 946 g/mol. The Labute approximate surface area is 387 Å². The summed E-state index contributed by atoms with van der Waals surface area (Å²) >= 11 is 27.1. The van der Waals surface area contributed by atoms with E-state index >= 15 is 0 Å². The largest absolute Gasteiger partial charge is 0.819 e. The van der Waals surface area contributed by atoms with Crippen LogP contribution in [0.3, 0.4) is 0 Å². The normalized spacial score (nSPS) is 14.3. The van der Waals surface area contributed by atoms with Gasteiger partial charge in [-0.15, -0.1) is 52.5 Å². The van der Waals surface area contributed by atoms with Crippen LogP contribution in [-0.4, -0.2) is 19.8 Å². The Morgan fingerprint density at radius 2 is 0.436 bits per heavy atom. The van der Waals surface area contributed by atoms with Gasteiger partial charge in [-0.05, 0) is 19.3 Å². The van der Waals surface area contributed by atoms with Crippen LogP contribution in [0.1, 0.15) is 233 Å². The summed E-state index contributed by atoms with van der Waals surface area (Å²) in [5, 5.41) is 0. The van der Waals surface area contributed by atoms with Crippen LogP contribution in [-0.2, 0) is 107 Å². The summed E-state index contributed by atoms with van der Waals surface area (Å²) in [4.78, 5) is 32.7. The van der Waals surface area contributed by atoms with Gasteiger partial charge in [-0.1, -0.05) is 213 Å². The molecule has 336 valence electrons. The van der Waals surface area contributed by atoms with Crippen molar-refractivity contribution in [1.29, 1.82) is 0 Å². The minimum absolute atomic E-state index is 0. The molecule has 0 bridgehead atoms. The summed E-state index contributed by atoms with van der Waals surface area (Å²) in [6, 6.07) is 0. The van der Waals surface area contributed by atoms with Gasteiger partial charge in [0.2, 0.25) is 0 Å². The van der Waals surface area contributed by atoms with Gasteiger partial charge in [-0.25, -0.2) is 0 Å². The van der Waals surface area contributed by atoms with Crippen molar-refractivity contribution in [2.24, 2.45) is 0 Å². The van der Waals surface area contributed by atoms with Crippen LogP contribution in [0.15, 0.2) is 0 Å². The van der Waals surface area contributed by atoms with Crippen LogP contribution in [0.4, 0.5) is 0 Å². The van der Waals surface area contributed by atoms with Gasteiger partial charge < -0.3 is 65.0 Å². The Morgan fingerprint density at radius 3 is 0.564 bits per heavy atom. The summed E-state index contributed by atoms with van der Waals surface area (Å²) in [6.45, 7) is 8.13. The third-order valence-corrected chi connectivity index (χ3v) is 12.4. The van der Waals surface area contributed by atoms with E-state index in [2.05, 4.69) is 92.9 Å². The van der Waals surface area contributed by atoms with Gasteiger partial charge in [0.05, 0.1) is 0 Å². The first kappa shape index (κ1) is 65.1. The monoisotopic (exact) mass is 1030 g/mol. The first-order valence-electron chi connectivity index (χ1n) is 21.7. The average molecular weight is 1030 g/mol. The predicted octanol–water partition coefficient (Wildman–Crippen LogP) is 13.3. The predicted molar refractivity (Wildman–Crippen MR) is 252 cm³/mol. The van der Waals surface area contributed by atoms with Gasteiger partial charge in [-0.3, -0.25) is 0 Å².